The van der Waals surface area contributed by atoms with Crippen molar-refractivity contribution in [2.45, 2.75) is 20.0 Å². The predicted octanol–water partition coefficient (Wildman–Crippen LogP) is 2.07. The van der Waals surface area contributed by atoms with Gasteiger partial charge >= 0.3 is 5.69 Å². The number of rotatable bonds is 5. The van der Waals surface area contributed by atoms with E-state index in [0.29, 0.717) is 11.5 Å². The van der Waals surface area contributed by atoms with E-state index in [0.717, 1.165) is 15.7 Å². The molecule has 0 unspecified atom stereocenters. The van der Waals surface area contributed by atoms with Crippen LogP contribution in [0.15, 0.2) is 68.7 Å². The first-order chi connectivity index (χ1) is 15.5. The summed E-state index contributed by atoms with van der Waals surface area (Å²) in [6, 6.07) is 14.6. The van der Waals surface area contributed by atoms with Gasteiger partial charge in [-0.25, -0.2) is 9.20 Å². The number of carbonyl (C=O) groups is 1. The minimum Gasteiger partial charge on any atom is -0.454 e. The number of ether oxygens (including phenoxy) is 2. The Labute approximate surface area is 181 Å². The summed E-state index contributed by atoms with van der Waals surface area (Å²) >= 11 is 0. The number of hydrogen-bond donors (Lipinski definition) is 1. The van der Waals surface area contributed by atoms with E-state index in [-0.39, 0.29) is 36.9 Å². The molecular formula is C23H19N3O6. The van der Waals surface area contributed by atoms with E-state index in [2.05, 4.69) is 5.32 Å². The van der Waals surface area contributed by atoms with Gasteiger partial charge in [-0.3, -0.25) is 14.2 Å². The van der Waals surface area contributed by atoms with Crippen molar-refractivity contribution in [1.29, 1.82) is 0 Å². The first kappa shape index (κ1) is 19.7. The molecular weight excluding hydrogens is 414 g/mol. The number of amides is 1. The Hall–Kier alpha value is -4.27. The van der Waals surface area contributed by atoms with Crippen LogP contribution in [0.4, 0.5) is 0 Å². The number of aromatic nitrogens is 2. The minimum atomic E-state index is -0.571. The highest BCUT2D eigenvalue weighted by atomic mass is 16.7. The summed E-state index contributed by atoms with van der Waals surface area (Å²) in [5.41, 5.74) is 0.900. The van der Waals surface area contributed by atoms with E-state index in [9.17, 15) is 14.4 Å². The second-order valence-electron chi connectivity index (χ2n) is 7.43. The van der Waals surface area contributed by atoms with Gasteiger partial charge in [0, 0.05) is 6.54 Å². The van der Waals surface area contributed by atoms with Gasteiger partial charge < -0.3 is 19.2 Å². The van der Waals surface area contributed by atoms with Crippen LogP contribution in [0.1, 0.15) is 27.2 Å². The van der Waals surface area contributed by atoms with E-state index in [4.69, 9.17) is 13.9 Å². The molecule has 1 aliphatic rings. The van der Waals surface area contributed by atoms with Crippen LogP contribution in [0.5, 0.6) is 11.5 Å². The third-order valence-electron chi connectivity index (χ3n) is 5.29. The van der Waals surface area contributed by atoms with E-state index < -0.39 is 17.2 Å². The lowest BCUT2D eigenvalue weighted by atomic mass is 10.2. The summed E-state index contributed by atoms with van der Waals surface area (Å²) in [4.78, 5) is 38.3. The van der Waals surface area contributed by atoms with Gasteiger partial charge in [0.15, 0.2) is 11.5 Å². The Bertz CT molecular complexity index is 1450. The molecule has 0 fully saturated rings. The topological polar surface area (TPSA) is 104 Å². The van der Waals surface area contributed by atoms with Gasteiger partial charge in [-0.2, -0.15) is 0 Å². The molecule has 1 N–H and O–H groups in total. The number of nitrogens with zero attached hydrogens (tertiary/aromatic N) is 2. The summed E-state index contributed by atoms with van der Waals surface area (Å²) in [6.45, 7) is 2.08. The van der Waals surface area contributed by atoms with Crippen LogP contribution >= 0.6 is 0 Å². The maximum Gasteiger partial charge on any atom is 0.338 e. The predicted molar refractivity (Wildman–Crippen MR) is 114 cm³/mol. The van der Waals surface area contributed by atoms with Crippen molar-refractivity contribution in [3.05, 3.63) is 98.0 Å². The molecule has 162 valence electrons. The second kappa shape index (κ2) is 7.77. The molecule has 1 aliphatic heterocycles. The average molecular weight is 433 g/mol. The highest BCUT2D eigenvalue weighted by Crippen LogP contribution is 2.32. The van der Waals surface area contributed by atoms with Gasteiger partial charge in [0.2, 0.25) is 18.3 Å². The molecule has 5 rings (SSSR count). The highest BCUT2D eigenvalue weighted by molar-refractivity contribution is 5.91. The zero-order valence-electron chi connectivity index (χ0n) is 17.2. The maximum absolute atomic E-state index is 12.9. The second-order valence-corrected chi connectivity index (χ2v) is 7.43. The Kier molecular flexibility index (Phi) is 4.78. The van der Waals surface area contributed by atoms with Gasteiger partial charge in [-0.15, -0.1) is 0 Å². The molecule has 9 heteroatoms. The molecule has 3 heterocycles. The minimum absolute atomic E-state index is 0.0533. The van der Waals surface area contributed by atoms with E-state index in [1.165, 1.54) is 10.6 Å². The summed E-state index contributed by atoms with van der Waals surface area (Å²) < 4.78 is 18.5. The van der Waals surface area contributed by atoms with Crippen molar-refractivity contribution >= 4 is 11.6 Å². The lowest BCUT2D eigenvalue weighted by molar-refractivity contribution is 0.0925. The van der Waals surface area contributed by atoms with Gasteiger partial charge in [0.25, 0.3) is 11.5 Å². The van der Waals surface area contributed by atoms with Crippen molar-refractivity contribution in [2.24, 2.45) is 0 Å². The molecule has 2 aromatic heterocycles. The molecule has 9 nitrogen and oxygen atoms in total. The van der Waals surface area contributed by atoms with Crippen LogP contribution in [0, 0.1) is 6.92 Å². The molecule has 0 atom stereocenters. The number of fused-ring (bicyclic) bond motifs is 2. The maximum atomic E-state index is 12.9. The van der Waals surface area contributed by atoms with Gasteiger partial charge in [-0.1, -0.05) is 36.4 Å². The van der Waals surface area contributed by atoms with E-state index in [1.807, 2.05) is 36.4 Å². The van der Waals surface area contributed by atoms with Gasteiger partial charge in [0.05, 0.1) is 18.3 Å². The number of carbonyl (C=O) groups excluding carboxylic acids is 1. The van der Waals surface area contributed by atoms with Gasteiger partial charge in [0.1, 0.15) is 0 Å². The van der Waals surface area contributed by atoms with Crippen LogP contribution in [0.3, 0.4) is 0 Å². The number of aryl methyl sites for hydroxylation is 1. The number of hydrogen-bond acceptors (Lipinski definition) is 6. The van der Waals surface area contributed by atoms with Crippen molar-refractivity contribution < 1.29 is 18.7 Å². The third-order valence-corrected chi connectivity index (χ3v) is 5.29. The fourth-order valence-corrected chi connectivity index (χ4v) is 3.60. The fourth-order valence-electron chi connectivity index (χ4n) is 3.60. The Morgan fingerprint density at radius 2 is 1.81 bits per heavy atom. The molecule has 0 spiro atoms. The van der Waals surface area contributed by atoms with Crippen molar-refractivity contribution in [3.8, 4) is 11.5 Å². The third kappa shape index (κ3) is 3.43. The largest absolute Gasteiger partial charge is 0.454 e. The smallest absolute Gasteiger partial charge is 0.338 e. The number of benzene rings is 2. The zero-order valence-corrected chi connectivity index (χ0v) is 17.2. The normalized spacial score (nSPS) is 12.3. The highest BCUT2D eigenvalue weighted by Gasteiger charge is 2.20. The number of oxazole rings is 1. The first-order valence-corrected chi connectivity index (χ1v) is 9.97. The molecule has 32 heavy (non-hydrogen) atoms. The molecule has 0 aliphatic carbocycles. The molecule has 0 saturated heterocycles. The molecule has 4 aromatic rings. The fraction of sp³-hybridized carbons (Fsp3) is 0.174. The van der Waals surface area contributed by atoms with Crippen LogP contribution in [0.2, 0.25) is 0 Å². The molecule has 2 aromatic carbocycles. The van der Waals surface area contributed by atoms with Crippen LogP contribution in [-0.4, -0.2) is 21.7 Å². The Morgan fingerprint density at radius 3 is 2.62 bits per heavy atom. The van der Waals surface area contributed by atoms with Crippen LogP contribution in [0.25, 0.3) is 5.71 Å². The molecule has 0 bridgehead atoms. The van der Waals surface area contributed by atoms with Crippen molar-refractivity contribution in [3.63, 3.8) is 0 Å². The number of nitrogens with one attached hydrogen (secondary N) is 1. The Morgan fingerprint density at radius 1 is 1.03 bits per heavy atom. The quantitative estimate of drug-likeness (QED) is 0.517. The molecule has 0 radical (unpaired) electrons. The first-order valence-electron chi connectivity index (χ1n) is 9.97. The van der Waals surface area contributed by atoms with E-state index >= 15 is 0 Å². The Balaban J connectivity index is 1.42. The summed E-state index contributed by atoms with van der Waals surface area (Å²) in [6.07, 6.45) is 1.31. The molecule has 1 amide bonds. The van der Waals surface area contributed by atoms with Crippen LogP contribution in [-0.2, 0) is 13.1 Å². The lowest BCUT2D eigenvalue weighted by Gasteiger charge is -2.06. The van der Waals surface area contributed by atoms with Gasteiger partial charge in [-0.05, 0) is 30.2 Å². The van der Waals surface area contributed by atoms with Crippen molar-refractivity contribution in [1.82, 2.24) is 14.3 Å². The van der Waals surface area contributed by atoms with E-state index in [1.54, 1.807) is 19.1 Å². The standard InChI is InChI=1S/C23H19N3O6/c1-14-21(28)25(11-15-5-3-2-4-6-15)23(29)26-12-19(32-22(14)26)20(27)24-10-16-7-8-17-18(9-16)31-13-30-17/h2-9,12H,10-11,13H2,1H3,(H,24,27). The monoisotopic (exact) mass is 433 g/mol. The summed E-state index contributed by atoms with van der Waals surface area (Å²) in [5, 5.41) is 2.75. The summed E-state index contributed by atoms with van der Waals surface area (Å²) in [7, 11) is 0. The lowest BCUT2D eigenvalue weighted by Crippen LogP contribution is -2.38. The zero-order chi connectivity index (χ0) is 22.2. The van der Waals surface area contributed by atoms with Crippen LogP contribution < -0.4 is 26.0 Å². The summed E-state index contributed by atoms with van der Waals surface area (Å²) in [5.74, 6) is 0.702. The molecule has 0 saturated carbocycles. The SMILES string of the molecule is Cc1c(=O)n(Cc2ccccc2)c(=O)n2cc(C(=O)NCc3ccc4c(c3)OCO4)oc12. The van der Waals surface area contributed by atoms with Crippen molar-refractivity contribution in [2.75, 3.05) is 6.79 Å². The average Bonchev–Trinajstić information content (AvgIpc) is 3.47.